The Hall–Kier alpha value is -2.18. The molecule has 0 aliphatic rings. The lowest BCUT2D eigenvalue weighted by Crippen LogP contribution is -2.51. The summed E-state index contributed by atoms with van der Waals surface area (Å²) in [4.78, 5) is 28.4. The minimum absolute atomic E-state index is 0.143. The number of rotatable bonds is 11. The smallest absolute Gasteiger partial charge is 0.243 e. The van der Waals surface area contributed by atoms with Crippen LogP contribution in [0.25, 0.3) is 0 Å². The van der Waals surface area contributed by atoms with Crippen molar-refractivity contribution in [2.75, 3.05) is 12.3 Å². The fraction of sp³-hybridized carbons (Fsp3) is 0.259. The van der Waals surface area contributed by atoms with Crippen LogP contribution in [0.3, 0.4) is 0 Å². The van der Waals surface area contributed by atoms with E-state index in [1.165, 1.54) is 11.8 Å². The Kier molecular flexibility index (Phi) is 10.8. The minimum Gasteiger partial charge on any atom is -0.355 e. The molecule has 3 aromatic rings. The van der Waals surface area contributed by atoms with Gasteiger partial charge in [0.05, 0.1) is 5.75 Å². The summed E-state index contributed by atoms with van der Waals surface area (Å²) in [5.41, 5.74) is 2.73. The lowest BCUT2D eigenvalue weighted by Gasteiger charge is -2.31. The molecule has 2 amide bonds. The number of carbonyl (C=O) groups excluding carboxylic acids is 2. The molecule has 4 nitrogen and oxygen atoms in total. The summed E-state index contributed by atoms with van der Waals surface area (Å²) >= 11 is 20.1. The molecule has 0 bridgehead atoms. The van der Waals surface area contributed by atoms with Gasteiger partial charge in [-0.3, -0.25) is 9.59 Å². The van der Waals surface area contributed by atoms with Crippen LogP contribution in [0, 0.1) is 0 Å². The molecule has 0 saturated carbocycles. The predicted octanol–water partition coefficient (Wildman–Crippen LogP) is 6.66. The van der Waals surface area contributed by atoms with Crippen molar-refractivity contribution in [2.24, 2.45) is 0 Å². The molecule has 1 N–H and O–H groups in total. The molecular weight excluding hydrogens is 523 g/mol. The maximum Gasteiger partial charge on any atom is 0.243 e. The first kappa shape index (κ1) is 27.4. The summed E-state index contributed by atoms with van der Waals surface area (Å²) < 4.78 is 0. The molecule has 35 heavy (non-hydrogen) atoms. The summed E-state index contributed by atoms with van der Waals surface area (Å²) in [5.74, 6) is 0.499. The van der Waals surface area contributed by atoms with Gasteiger partial charge in [-0.1, -0.05) is 83.3 Å². The molecule has 8 heteroatoms. The van der Waals surface area contributed by atoms with E-state index in [0.29, 0.717) is 33.8 Å². The third-order valence-corrected chi connectivity index (χ3v) is 7.17. The Bertz CT molecular complexity index is 1140. The van der Waals surface area contributed by atoms with E-state index in [2.05, 4.69) is 5.32 Å². The Morgan fingerprint density at radius 2 is 1.63 bits per heavy atom. The van der Waals surface area contributed by atoms with Gasteiger partial charge in [0.2, 0.25) is 11.8 Å². The molecule has 1 atom stereocenters. The fourth-order valence-corrected chi connectivity index (χ4v) is 5.18. The lowest BCUT2D eigenvalue weighted by molar-refractivity contribution is -0.139. The highest BCUT2D eigenvalue weighted by Gasteiger charge is 2.30. The number of benzene rings is 3. The number of hydrogen-bond acceptors (Lipinski definition) is 3. The molecule has 0 radical (unpaired) electrons. The summed E-state index contributed by atoms with van der Waals surface area (Å²) in [6.45, 7) is 2.53. The SMILES string of the molecule is CCNC(=O)[C@H](Cc1ccccc1)N(Cc1ccc(Cl)cc1Cl)C(=O)CSCc1cccc(Cl)c1. The zero-order valence-electron chi connectivity index (χ0n) is 19.3. The van der Waals surface area contributed by atoms with Gasteiger partial charge in [-0.25, -0.2) is 0 Å². The molecule has 0 aliphatic heterocycles. The number of nitrogens with zero attached hydrogens (tertiary/aromatic N) is 1. The normalized spacial score (nSPS) is 11.7. The van der Waals surface area contributed by atoms with Gasteiger partial charge in [0.15, 0.2) is 0 Å². The van der Waals surface area contributed by atoms with Gasteiger partial charge < -0.3 is 10.2 Å². The van der Waals surface area contributed by atoms with Crippen LogP contribution in [-0.4, -0.2) is 35.1 Å². The first-order chi connectivity index (χ1) is 16.9. The van der Waals surface area contributed by atoms with Gasteiger partial charge in [-0.2, -0.15) is 0 Å². The molecule has 0 unspecified atom stereocenters. The van der Waals surface area contributed by atoms with E-state index in [-0.39, 0.29) is 24.1 Å². The first-order valence-corrected chi connectivity index (χ1v) is 13.5. The van der Waals surface area contributed by atoms with E-state index in [1.807, 2.05) is 61.5 Å². The summed E-state index contributed by atoms with van der Waals surface area (Å²) in [6.07, 6.45) is 0.391. The predicted molar refractivity (Wildman–Crippen MR) is 147 cm³/mol. The zero-order chi connectivity index (χ0) is 25.2. The molecular formula is C27H27Cl3N2O2S. The van der Waals surface area contributed by atoms with Gasteiger partial charge in [-0.05, 0) is 47.9 Å². The molecule has 184 valence electrons. The zero-order valence-corrected chi connectivity index (χ0v) is 22.4. The molecule has 3 rings (SSSR count). The average molecular weight is 550 g/mol. The summed E-state index contributed by atoms with van der Waals surface area (Å²) in [7, 11) is 0. The van der Waals surface area contributed by atoms with Gasteiger partial charge in [0.1, 0.15) is 6.04 Å². The van der Waals surface area contributed by atoms with Crippen molar-refractivity contribution in [3.05, 3.63) is 105 Å². The van der Waals surface area contributed by atoms with Crippen LogP contribution in [0.4, 0.5) is 0 Å². The maximum atomic E-state index is 13.6. The van der Waals surface area contributed by atoms with Crippen LogP contribution in [0.15, 0.2) is 72.8 Å². The van der Waals surface area contributed by atoms with Crippen LogP contribution in [0.5, 0.6) is 0 Å². The molecule has 0 spiro atoms. The summed E-state index contributed by atoms with van der Waals surface area (Å²) in [6, 6.07) is 21.7. The highest BCUT2D eigenvalue weighted by molar-refractivity contribution is 7.99. The lowest BCUT2D eigenvalue weighted by atomic mass is 10.0. The second-order valence-electron chi connectivity index (χ2n) is 7.98. The third-order valence-electron chi connectivity index (χ3n) is 5.36. The number of thioether (sulfide) groups is 1. The number of hydrogen-bond donors (Lipinski definition) is 1. The van der Waals surface area contributed by atoms with Gasteiger partial charge in [0, 0.05) is 40.3 Å². The van der Waals surface area contributed by atoms with E-state index >= 15 is 0 Å². The summed E-state index contributed by atoms with van der Waals surface area (Å²) in [5, 5.41) is 4.52. The van der Waals surface area contributed by atoms with E-state index < -0.39 is 6.04 Å². The molecule has 0 aromatic heterocycles. The number of likely N-dealkylation sites (N-methyl/N-ethyl adjacent to an activating group) is 1. The van der Waals surface area contributed by atoms with Crippen molar-refractivity contribution in [1.29, 1.82) is 0 Å². The van der Waals surface area contributed by atoms with Crippen molar-refractivity contribution in [1.82, 2.24) is 10.2 Å². The van der Waals surface area contributed by atoms with Crippen LogP contribution >= 0.6 is 46.6 Å². The monoisotopic (exact) mass is 548 g/mol. The topological polar surface area (TPSA) is 49.4 Å². The maximum absolute atomic E-state index is 13.6. The second-order valence-corrected chi connectivity index (χ2v) is 10.2. The molecule has 0 fully saturated rings. The fourth-order valence-electron chi connectivity index (χ4n) is 3.65. The Balaban J connectivity index is 1.85. The van der Waals surface area contributed by atoms with Crippen molar-refractivity contribution in [2.45, 2.75) is 31.7 Å². The van der Waals surface area contributed by atoms with Crippen molar-refractivity contribution >= 4 is 58.4 Å². The number of carbonyl (C=O) groups is 2. The van der Waals surface area contributed by atoms with E-state index in [0.717, 1.165) is 16.7 Å². The molecule has 0 heterocycles. The van der Waals surface area contributed by atoms with Gasteiger partial charge >= 0.3 is 0 Å². The van der Waals surface area contributed by atoms with Crippen LogP contribution < -0.4 is 5.32 Å². The quantitative estimate of drug-likeness (QED) is 0.291. The number of halogens is 3. The molecule has 0 aliphatic carbocycles. The van der Waals surface area contributed by atoms with Crippen LogP contribution in [0.2, 0.25) is 15.1 Å². The highest BCUT2D eigenvalue weighted by Crippen LogP contribution is 2.25. The molecule has 0 saturated heterocycles. The van der Waals surface area contributed by atoms with Crippen molar-refractivity contribution in [3.8, 4) is 0 Å². The largest absolute Gasteiger partial charge is 0.355 e. The first-order valence-electron chi connectivity index (χ1n) is 11.2. The van der Waals surface area contributed by atoms with Gasteiger partial charge in [0.25, 0.3) is 0 Å². The third kappa shape index (κ3) is 8.46. The van der Waals surface area contributed by atoms with Crippen LogP contribution in [-0.2, 0) is 28.3 Å². The van der Waals surface area contributed by atoms with Crippen molar-refractivity contribution < 1.29 is 9.59 Å². The second kappa shape index (κ2) is 13.8. The average Bonchev–Trinajstić information content (AvgIpc) is 2.83. The van der Waals surface area contributed by atoms with E-state index in [4.69, 9.17) is 34.8 Å². The van der Waals surface area contributed by atoms with Crippen molar-refractivity contribution in [3.63, 3.8) is 0 Å². The molecule has 3 aromatic carbocycles. The highest BCUT2D eigenvalue weighted by atomic mass is 35.5. The minimum atomic E-state index is -0.691. The van der Waals surface area contributed by atoms with E-state index in [9.17, 15) is 9.59 Å². The van der Waals surface area contributed by atoms with E-state index in [1.54, 1.807) is 23.1 Å². The van der Waals surface area contributed by atoms with Crippen LogP contribution in [0.1, 0.15) is 23.6 Å². The van der Waals surface area contributed by atoms with Gasteiger partial charge in [-0.15, -0.1) is 11.8 Å². The Morgan fingerprint density at radius 1 is 0.914 bits per heavy atom. The number of nitrogens with one attached hydrogen (secondary N) is 1. The number of amides is 2. The standard InChI is InChI=1S/C27H27Cl3N2O2S/c1-2-31-27(34)25(14-19-7-4-3-5-8-19)32(16-21-11-12-23(29)15-24(21)30)26(33)18-35-17-20-9-6-10-22(28)13-20/h3-13,15,25H,2,14,16-18H2,1H3,(H,31,34)/t25-/m0/s1. The Labute approximate surface area is 225 Å². The Morgan fingerprint density at radius 3 is 2.31 bits per heavy atom.